The van der Waals surface area contributed by atoms with Crippen molar-refractivity contribution in [2.45, 2.75) is 51.5 Å². The third-order valence-corrected chi connectivity index (χ3v) is 3.40. The molecule has 0 bridgehead atoms. The predicted octanol–water partition coefficient (Wildman–Crippen LogP) is 2.75. The minimum atomic E-state index is -0.194. The second-order valence-electron chi connectivity index (χ2n) is 5.16. The van der Waals surface area contributed by atoms with Crippen molar-refractivity contribution in [2.75, 3.05) is 17.2 Å². The van der Waals surface area contributed by atoms with E-state index in [9.17, 15) is 4.79 Å². The van der Waals surface area contributed by atoms with Crippen molar-refractivity contribution in [1.29, 1.82) is 0 Å². The van der Waals surface area contributed by atoms with E-state index < -0.39 is 0 Å². The number of nitrogens with one attached hydrogen (secondary N) is 3. The number of aromatic nitrogens is 2. The molecule has 20 heavy (non-hydrogen) atoms. The van der Waals surface area contributed by atoms with Gasteiger partial charge in [-0.2, -0.15) is 0 Å². The van der Waals surface area contributed by atoms with E-state index in [2.05, 4.69) is 33.1 Å². The van der Waals surface area contributed by atoms with E-state index in [4.69, 9.17) is 0 Å². The Labute approximate surface area is 119 Å². The van der Waals surface area contributed by atoms with Crippen LogP contribution in [0.4, 0.5) is 16.4 Å². The van der Waals surface area contributed by atoms with Crippen LogP contribution in [-0.4, -0.2) is 28.8 Å². The van der Waals surface area contributed by atoms with Crippen molar-refractivity contribution in [1.82, 2.24) is 15.5 Å². The number of nitrogens with zero attached hydrogens (tertiary/aromatic N) is 2. The molecule has 0 spiro atoms. The average molecular weight is 277 g/mol. The Hall–Kier alpha value is -1.85. The summed E-state index contributed by atoms with van der Waals surface area (Å²) < 4.78 is 0. The van der Waals surface area contributed by atoms with Gasteiger partial charge in [-0.1, -0.05) is 26.2 Å². The highest BCUT2D eigenvalue weighted by atomic mass is 16.2. The number of amides is 2. The van der Waals surface area contributed by atoms with Crippen LogP contribution in [0, 0.1) is 0 Å². The third kappa shape index (κ3) is 4.68. The number of rotatable bonds is 5. The van der Waals surface area contributed by atoms with Crippen LogP contribution in [0.25, 0.3) is 0 Å². The van der Waals surface area contributed by atoms with Crippen molar-refractivity contribution in [3.8, 4) is 0 Å². The number of hydrogen-bond acceptors (Lipinski definition) is 4. The highest BCUT2D eigenvalue weighted by Gasteiger charge is 2.15. The van der Waals surface area contributed by atoms with Crippen LogP contribution < -0.4 is 16.0 Å². The Bertz CT molecular complexity index is 414. The molecule has 0 aliphatic heterocycles. The van der Waals surface area contributed by atoms with Crippen molar-refractivity contribution in [2.24, 2.45) is 0 Å². The molecule has 1 aromatic rings. The Morgan fingerprint density at radius 3 is 2.55 bits per heavy atom. The van der Waals surface area contributed by atoms with Crippen molar-refractivity contribution < 1.29 is 4.79 Å². The van der Waals surface area contributed by atoms with Crippen LogP contribution in [0.5, 0.6) is 0 Å². The molecule has 1 aliphatic rings. The first kappa shape index (κ1) is 14.6. The van der Waals surface area contributed by atoms with E-state index in [0.717, 1.165) is 31.6 Å². The second-order valence-corrected chi connectivity index (χ2v) is 5.16. The fourth-order valence-electron chi connectivity index (χ4n) is 2.33. The Morgan fingerprint density at radius 1 is 1.20 bits per heavy atom. The summed E-state index contributed by atoms with van der Waals surface area (Å²) in [4.78, 5) is 11.8. The first-order valence-corrected chi connectivity index (χ1v) is 7.43. The first-order valence-electron chi connectivity index (χ1n) is 7.43. The van der Waals surface area contributed by atoms with Crippen LogP contribution in [0.2, 0.25) is 0 Å². The topological polar surface area (TPSA) is 78.9 Å². The quantitative estimate of drug-likeness (QED) is 0.773. The van der Waals surface area contributed by atoms with Gasteiger partial charge >= 0.3 is 6.03 Å². The Balaban J connectivity index is 1.78. The van der Waals surface area contributed by atoms with E-state index in [0.29, 0.717) is 11.9 Å². The summed E-state index contributed by atoms with van der Waals surface area (Å²) in [6.45, 7) is 2.95. The van der Waals surface area contributed by atoms with Gasteiger partial charge in [0.05, 0.1) is 0 Å². The lowest BCUT2D eigenvalue weighted by atomic mass is 9.96. The lowest BCUT2D eigenvalue weighted by molar-refractivity contribution is 0.244. The average Bonchev–Trinajstić information content (AvgIpc) is 2.47. The maximum absolute atomic E-state index is 11.8. The zero-order chi connectivity index (χ0) is 14.2. The zero-order valence-electron chi connectivity index (χ0n) is 12.0. The molecule has 1 aromatic heterocycles. The van der Waals surface area contributed by atoms with Crippen LogP contribution in [0.1, 0.15) is 45.4 Å². The van der Waals surface area contributed by atoms with Crippen LogP contribution >= 0.6 is 0 Å². The largest absolute Gasteiger partial charge is 0.369 e. The molecular weight excluding hydrogens is 254 g/mol. The molecule has 3 N–H and O–H groups in total. The Kier molecular flexibility index (Phi) is 5.58. The monoisotopic (exact) mass is 277 g/mol. The highest BCUT2D eigenvalue weighted by molar-refractivity contribution is 5.88. The fourth-order valence-corrected chi connectivity index (χ4v) is 2.33. The molecular formula is C14H23N5O. The van der Waals surface area contributed by atoms with E-state index in [1.165, 1.54) is 19.3 Å². The van der Waals surface area contributed by atoms with Gasteiger partial charge in [-0.25, -0.2) is 4.79 Å². The van der Waals surface area contributed by atoms with Crippen LogP contribution in [-0.2, 0) is 0 Å². The summed E-state index contributed by atoms with van der Waals surface area (Å²) >= 11 is 0. The van der Waals surface area contributed by atoms with Crippen LogP contribution in [0.15, 0.2) is 12.1 Å². The number of urea groups is 1. The molecule has 0 unspecified atom stereocenters. The molecule has 2 amide bonds. The molecule has 1 aliphatic carbocycles. The summed E-state index contributed by atoms with van der Waals surface area (Å²) in [6, 6.07) is 3.67. The minimum absolute atomic E-state index is 0.194. The zero-order valence-corrected chi connectivity index (χ0v) is 12.0. The molecule has 110 valence electrons. The number of carbonyl (C=O) groups is 1. The number of anilines is 2. The van der Waals surface area contributed by atoms with E-state index in [-0.39, 0.29) is 6.03 Å². The van der Waals surface area contributed by atoms with Gasteiger partial charge < -0.3 is 10.6 Å². The molecule has 0 atom stereocenters. The lowest BCUT2D eigenvalue weighted by Crippen LogP contribution is -2.39. The standard InChI is InChI=1S/C14H23N5O/c1-2-10-15-12-8-9-13(19-18-12)17-14(20)16-11-6-4-3-5-7-11/h8-9,11H,2-7,10H2,1H3,(H,15,18)(H2,16,17,19,20). The van der Waals surface area contributed by atoms with Gasteiger partial charge in [0.25, 0.3) is 0 Å². The molecule has 6 nitrogen and oxygen atoms in total. The van der Waals surface area contributed by atoms with Gasteiger partial charge in [0.15, 0.2) is 5.82 Å². The van der Waals surface area contributed by atoms with E-state index in [1.54, 1.807) is 6.07 Å². The molecule has 0 radical (unpaired) electrons. The predicted molar refractivity (Wildman–Crippen MR) is 79.8 cm³/mol. The molecule has 1 fully saturated rings. The summed E-state index contributed by atoms with van der Waals surface area (Å²) in [5.74, 6) is 1.20. The number of carbonyl (C=O) groups excluding carboxylic acids is 1. The fraction of sp³-hybridized carbons (Fsp3) is 0.643. The minimum Gasteiger partial charge on any atom is -0.369 e. The van der Waals surface area contributed by atoms with Crippen molar-refractivity contribution in [3.05, 3.63) is 12.1 Å². The van der Waals surface area contributed by atoms with Crippen LogP contribution in [0.3, 0.4) is 0 Å². The van der Waals surface area contributed by atoms with Gasteiger partial charge in [0.2, 0.25) is 0 Å². The van der Waals surface area contributed by atoms with Gasteiger partial charge in [-0.3, -0.25) is 5.32 Å². The van der Waals surface area contributed by atoms with Gasteiger partial charge in [-0.05, 0) is 31.4 Å². The molecule has 0 saturated heterocycles. The molecule has 0 aromatic carbocycles. The lowest BCUT2D eigenvalue weighted by Gasteiger charge is -2.22. The van der Waals surface area contributed by atoms with Gasteiger partial charge in [0, 0.05) is 12.6 Å². The smallest absolute Gasteiger partial charge is 0.320 e. The van der Waals surface area contributed by atoms with Crippen molar-refractivity contribution >= 4 is 17.7 Å². The second kappa shape index (κ2) is 7.67. The van der Waals surface area contributed by atoms with Crippen molar-refractivity contribution in [3.63, 3.8) is 0 Å². The normalized spacial score (nSPS) is 15.7. The summed E-state index contributed by atoms with van der Waals surface area (Å²) in [5, 5.41) is 16.8. The Morgan fingerprint density at radius 2 is 1.90 bits per heavy atom. The third-order valence-electron chi connectivity index (χ3n) is 3.40. The molecule has 1 heterocycles. The SMILES string of the molecule is CCCNc1ccc(NC(=O)NC2CCCCC2)nn1. The maximum Gasteiger partial charge on any atom is 0.320 e. The summed E-state index contributed by atoms with van der Waals surface area (Å²) in [6.07, 6.45) is 6.84. The van der Waals surface area contributed by atoms with Gasteiger partial charge in [0.1, 0.15) is 5.82 Å². The summed E-state index contributed by atoms with van der Waals surface area (Å²) in [5.41, 5.74) is 0. The highest BCUT2D eigenvalue weighted by Crippen LogP contribution is 2.17. The molecule has 6 heteroatoms. The molecule has 2 rings (SSSR count). The summed E-state index contributed by atoms with van der Waals surface area (Å²) in [7, 11) is 0. The maximum atomic E-state index is 11.8. The van der Waals surface area contributed by atoms with E-state index in [1.807, 2.05) is 6.07 Å². The van der Waals surface area contributed by atoms with Gasteiger partial charge in [-0.15, -0.1) is 10.2 Å². The molecule has 1 saturated carbocycles. The van der Waals surface area contributed by atoms with E-state index >= 15 is 0 Å². The number of hydrogen-bond donors (Lipinski definition) is 3. The first-order chi connectivity index (χ1) is 9.78.